The molecule has 1 amide bonds. The number of nitrogens with one attached hydrogen (secondary N) is 1. The van der Waals surface area contributed by atoms with Crippen LogP contribution in [-0.2, 0) is 16.1 Å². The fourth-order valence-electron chi connectivity index (χ4n) is 1.31. The number of ether oxygens (including phenoxy) is 2. The Kier molecular flexibility index (Phi) is 5.79. The third-order valence-electron chi connectivity index (χ3n) is 2.79. The Morgan fingerprint density at radius 3 is 2.47 bits per heavy atom. The third kappa shape index (κ3) is 5.72. The Hall–Kier alpha value is -1.59. The lowest BCUT2D eigenvalue weighted by Gasteiger charge is -2.23. The van der Waals surface area contributed by atoms with E-state index in [0.29, 0.717) is 18.8 Å². The number of carbonyl (C=O) groups is 1. The largest absolute Gasteiger partial charge is 0.484 e. The van der Waals surface area contributed by atoms with Gasteiger partial charge in [0.25, 0.3) is 5.91 Å². The number of hydrogen-bond acceptors (Lipinski definition) is 4. The lowest BCUT2D eigenvalue weighted by atomic mass is 10.1. The van der Waals surface area contributed by atoms with Crippen molar-refractivity contribution < 1.29 is 14.3 Å². The molecule has 3 N–H and O–H groups in total. The highest BCUT2D eigenvalue weighted by Gasteiger charge is 2.17. The topological polar surface area (TPSA) is 73.6 Å². The Labute approximate surface area is 114 Å². The molecule has 0 aliphatic rings. The van der Waals surface area contributed by atoms with E-state index in [0.717, 1.165) is 5.56 Å². The van der Waals surface area contributed by atoms with Gasteiger partial charge in [-0.15, -0.1) is 0 Å². The number of hydrogen-bond donors (Lipinski definition) is 2. The second-order valence-corrected chi connectivity index (χ2v) is 4.88. The summed E-state index contributed by atoms with van der Waals surface area (Å²) >= 11 is 0. The van der Waals surface area contributed by atoms with Crippen LogP contribution in [0.15, 0.2) is 24.3 Å². The fraction of sp³-hybridized carbons (Fsp3) is 0.500. The summed E-state index contributed by atoms with van der Waals surface area (Å²) in [5.41, 5.74) is 6.15. The summed E-state index contributed by atoms with van der Waals surface area (Å²) < 4.78 is 10.6. The van der Waals surface area contributed by atoms with Crippen LogP contribution in [0.2, 0.25) is 0 Å². The summed E-state index contributed by atoms with van der Waals surface area (Å²) in [6.07, 6.45) is 0. The van der Waals surface area contributed by atoms with Crippen LogP contribution in [0.3, 0.4) is 0 Å². The first-order valence-electron chi connectivity index (χ1n) is 6.20. The molecule has 5 nitrogen and oxygen atoms in total. The van der Waals surface area contributed by atoms with Gasteiger partial charge >= 0.3 is 0 Å². The van der Waals surface area contributed by atoms with E-state index in [1.807, 2.05) is 26.0 Å². The Morgan fingerprint density at radius 1 is 1.32 bits per heavy atom. The number of amides is 1. The molecule has 0 heterocycles. The molecule has 0 saturated carbocycles. The zero-order valence-electron chi connectivity index (χ0n) is 11.7. The Balaban J connectivity index is 2.33. The monoisotopic (exact) mass is 266 g/mol. The van der Waals surface area contributed by atoms with Crippen LogP contribution >= 0.6 is 0 Å². The van der Waals surface area contributed by atoms with E-state index in [1.165, 1.54) is 0 Å². The molecule has 0 aliphatic carbocycles. The quantitative estimate of drug-likeness (QED) is 0.774. The van der Waals surface area contributed by atoms with Gasteiger partial charge in [0.2, 0.25) is 0 Å². The van der Waals surface area contributed by atoms with Gasteiger partial charge in [-0.05, 0) is 31.5 Å². The van der Waals surface area contributed by atoms with E-state index >= 15 is 0 Å². The van der Waals surface area contributed by atoms with Crippen LogP contribution in [0.5, 0.6) is 5.75 Å². The first-order chi connectivity index (χ1) is 8.96. The summed E-state index contributed by atoms with van der Waals surface area (Å²) in [7, 11) is 1.61. The molecule has 0 atom stereocenters. The molecular weight excluding hydrogens is 244 g/mol. The molecule has 1 rings (SSSR count). The predicted octanol–water partition coefficient (Wildman–Crippen LogP) is 1.07. The molecule has 0 bridgehead atoms. The Morgan fingerprint density at radius 2 is 1.95 bits per heavy atom. The van der Waals surface area contributed by atoms with Crippen LogP contribution in [0.4, 0.5) is 0 Å². The first kappa shape index (κ1) is 15.5. The molecular formula is C14H22N2O3. The standard InChI is InChI=1S/C14H22N2O3/c1-14(2,18-3)10-16-13(17)9-19-12-6-4-11(8-15)5-7-12/h4-7H,8-10,15H2,1-3H3,(H,16,17). The molecule has 5 heteroatoms. The molecule has 1 aromatic carbocycles. The molecule has 0 aliphatic heterocycles. The maximum Gasteiger partial charge on any atom is 0.258 e. The molecule has 0 aromatic heterocycles. The van der Waals surface area contributed by atoms with Crippen molar-refractivity contribution in [2.24, 2.45) is 5.73 Å². The molecule has 0 fully saturated rings. The molecule has 19 heavy (non-hydrogen) atoms. The number of rotatable bonds is 7. The van der Waals surface area contributed by atoms with Crippen molar-refractivity contribution in [3.05, 3.63) is 29.8 Å². The highest BCUT2D eigenvalue weighted by molar-refractivity contribution is 5.77. The summed E-state index contributed by atoms with van der Waals surface area (Å²) in [6, 6.07) is 7.35. The van der Waals surface area contributed by atoms with Crippen LogP contribution in [0.1, 0.15) is 19.4 Å². The van der Waals surface area contributed by atoms with Crippen molar-refractivity contribution in [2.45, 2.75) is 26.0 Å². The van der Waals surface area contributed by atoms with Gasteiger partial charge in [0, 0.05) is 20.2 Å². The minimum atomic E-state index is -0.377. The highest BCUT2D eigenvalue weighted by atomic mass is 16.5. The summed E-state index contributed by atoms with van der Waals surface area (Å²) in [5, 5.41) is 2.76. The number of nitrogens with two attached hydrogens (primary N) is 1. The van der Waals surface area contributed by atoms with E-state index in [9.17, 15) is 4.79 Å². The number of carbonyl (C=O) groups excluding carboxylic acids is 1. The van der Waals surface area contributed by atoms with Gasteiger partial charge in [0.1, 0.15) is 5.75 Å². The fourth-order valence-corrected chi connectivity index (χ4v) is 1.31. The molecule has 0 saturated heterocycles. The second-order valence-electron chi connectivity index (χ2n) is 4.88. The van der Waals surface area contributed by atoms with Crippen molar-refractivity contribution in [1.29, 1.82) is 0 Å². The van der Waals surface area contributed by atoms with E-state index in [4.69, 9.17) is 15.2 Å². The lowest BCUT2D eigenvalue weighted by Crippen LogP contribution is -2.41. The van der Waals surface area contributed by atoms with Crippen molar-refractivity contribution in [3.8, 4) is 5.75 Å². The second kappa shape index (κ2) is 7.11. The summed E-state index contributed by atoms with van der Waals surface area (Å²) in [5.74, 6) is 0.478. The SMILES string of the molecule is COC(C)(C)CNC(=O)COc1ccc(CN)cc1. The van der Waals surface area contributed by atoms with Gasteiger partial charge in [0.15, 0.2) is 6.61 Å². The number of methoxy groups -OCH3 is 1. The minimum Gasteiger partial charge on any atom is -0.484 e. The Bertz CT molecular complexity index is 402. The van der Waals surface area contributed by atoms with E-state index in [1.54, 1.807) is 19.2 Å². The molecule has 1 aromatic rings. The molecule has 106 valence electrons. The van der Waals surface area contributed by atoms with Crippen LogP contribution < -0.4 is 15.8 Å². The average Bonchev–Trinajstić information content (AvgIpc) is 2.43. The van der Waals surface area contributed by atoms with E-state index < -0.39 is 0 Å². The maximum atomic E-state index is 11.6. The van der Waals surface area contributed by atoms with Gasteiger partial charge in [-0.2, -0.15) is 0 Å². The van der Waals surface area contributed by atoms with Gasteiger partial charge in [-0.1, -0.05) is 12.1 Å². The van der Waals surface area contributed by atoms with Crippen LogP contribution in [0.25, 0.3) is 0 Å². The average molecular weight is 266 g/mol. The van der Waals surface area contributed by atoms with Gasteiger partial charge < -0.3 is 20.5 Å². The van der Waals surface area contributed by atoms with Crippen LogP contribution in [0, 0.1) is 0 Å². The third-order valence-corrected chi connectivity index (χ3v) is 2.79. The zero-order valence-corrected chi connectivity index (χ0v) is 11.7. The highest BCUT2D eigenvalue weighted by Crippen LogP contribution is 2.11. The minimum absolute atomic E-state index is 0.0121. The maximum absolute atomic E-state index is 11.6. The van der Waals surface area contributed by atoms with Gasteiger partial charge in [0.05, 0.1) is 5.60 Å². The summed E-state index contributed by atoms with van der Waals surface area (Å²) in [4.78, 5) is 11.6. The summed E-state index contributed by atoms with van der Waals surface area (Å²) in [6.45, 7) is 4.73. The van der Waals surface area contributed by atoms with E-state index in [2.05, 4.69) is 5.32 Å². The number of benzene rings is 1. The first-order valence-corrected chi connectivity index (χ1v) is 6.20. The lowest BCUT2D eigenvalue weighted by molar-refractivity contribution is -0.124. The zero-order chi connectivity index (χ0) is 14.3. The van der Waals surface area contributed by atoms with Crippen LogP contribution in [-0.4, -0.2) is 31.8 Å². The van der Waals surface area contributed by atoms with Gasteiger partial charge in [-0.3, -0.25) is 4.79 Å². The smallest absolute Gasteiger partial charge is 0.258 e. The van der Waals surface area contributed by atoms with E-state index in [-0.39, 0.29) is 18.1 Å². The molecule has 0 spiro atoms. The van der Waals surface area contributed by atoms with Crippen molar-refractivity contribution >= 4 is 5.91 Å². The van der Waals surface area contributed by atoms with Crippen molar-refractivity contribution in [3.63, 3.8) is 0 Å². The molecule has 0 unspecified atom stereocenters. The normalized spacial score (nSPS) is 11.2. The van der Waals surface area contributed by atoms with Gasteiger partial charge in [-0.25, -0.2) is 0 Å². The van der Waals surface area contributed by atoms with Crippen molar-refractivity contribution in [1.82, 2.24) is 5.32 Å². The van der Waals surface area contributed by atoms with Crippen molar-refractivity contribution in [2.75, 3.05) is 20.3 Å². The molecule has 0 radical (unpaired) electrons. The predicted molar refractivity (Wildman–Crippen MR) is 73.9 cm³/mol.